The molecule has 22 heavy (non-hydrogen) atoms. The molecule has 4 heteroatoms. The molecule has 0 aliphatic heterocycles. The van der Waals surface area contributed by atoms with E-state index in [1.807, 2.05) is 27.7 Å². The van der Waals surface area contributed by atoms with Crippen molar-refractivity contribution in [3.05, 3.63) is 29.8 Å². The summed E-state index contributed by atoms with van der Waals surface area (Å²) in [7, 11) is 0. The van der Waals surface area contributed by atoms with Crippen LogP contribution in [-0.2, 0) is 9.53 Å². The summed E-state index contributed by atoms with van der Waals surface area (Å²) in [6.45, 7) is 7.58. The van der Waals surface area contributed by atoms with E-state index in [2.05, 4.69) is 0 Å². The molecule has 1 N–H and O–H groups in total. The first kappa shape index (κ1) is 16.5. The molecule has 0 saturated heterocycles. The maximum absolute atomic E-state index is 12.7. The van der Waals surface area contributed by atoms with Crippen LogP contribution in [0, 0.1) is 10.8 Å². The lowest BCUT2D eigenvalue weighted by Crippen LogP contribution is -2.44. The summed E-state index contributed by atoms with van der Waals surface area (Å²) in [6.07, 6.45) is 1.90. The monoisotopic (exact) mass is 304 g/mol. The van der Waals surface area contributed by atoms with Gasteiger partial charge in [0.1, 0.15) is 17.6 Å². The highest BCUT2D eigenvalue weighted by Crippen LogP contribution is 2.45. The lowest BCUT2D eigenvalue weighted by molar-refractivity contribution is -0.140. The Balaban J connectivity index is 2.18. The van der Waals surface area contributed by atoms with Crippen LogP contribution >= 0.6 is 0 Å². The maximum atomic E-state index is 12.7. The first-order valence-electron chi connectivity index (χ1n) is 7.69. The van der Waals surface area contributed by atoms with Crippen molar-refractivity contribution in [3.63, 3.8) is 0 Å². The van der Waals surface area contributed by atoms with Gasteiger partial charge in [-0.15, -0.1) is 0 Å². The highest BCUT2D eigenvalue weighted by molar-refractivity contribution is 5.92. The first-order chi connectivity index (χ1) is 10.1. The van der Waals surface area contributed by atoms with Gasteiger partial charge in [0.05, 0.1) is 11.0 Å². The van der Waals surface area contributed by atoms with Crippen LogP contribution in [0.2, 0.25) is 0 Å². The Bertz CT molecular complexity index is 585. The van der Waals surface area contributed by atoms with E-state index in [9.17, 15) is 14.7 Å². The normalized spacial score (nSPS) is 25.0. The third-order valence-electron chi connectivity index (χ3n) is 4.40. The summed E-state index contributed by atoms with van der Waals surface area (Å²) in [5, 5.41) is 9.46. The Morgan fingerprint density at radius 2 is 2.00 bits per heavy atom. The lowest BCUT2D eigenvalue weighted by atomic mass is 9.71. The zero-order valence-corrected chi connectivity index (χ0v) is 13.7. The highest BCUT2D eigenvalue weighted by atomic mass is 16.5. The van der Waals surface area contributed by atoms with E-state index in [1.54, 1.807) is 12.1 Å². The summed E-state index contributed by atoms with van der Waals surface area (Å²) in [4.78, 5) is 25.0. The summed E-state index contributed by atoms with van der Waals surface area (Å²) in [6, 6.07) is 6.07. The molecular weight excluding hydrogens is 280 g/mol. The van der Waals surface area contributed by atoms with Gasteiger partial charge < -0.3 is 9.84 Å². The molecule has 1 saturated carbocycles. The zero-order chi connectivity index (χ0) is 16.5. The molecule has 2 atom stereocenters. The Morgan fingerprint density at radius 1 is 1.32 bits per heavy atom. The van der Waals surface area contributed by atoms with Crippen LogP contribution in [0.3, 0.4) is 0 Å². The molecule has 1 aromatic rings. The quantitative estimate of drug-likeness (QED) is 0.864. The molecule has 0 unspecified atom stereocenters. The highest BCUT2D eigenvalue weighted by Gasteiger charge is 2.50. The van der Waals surface area contributed by atoms with E-state index < -0.39 is 22.9 Å². The van der Waals surface area contributed by atoms with Crippen molar-refractivity contribution < 1.29 is 19.4 Å². The van der Waals surface area contributed by atoms with Crippen molar-refractivity contribution >= 4 is 11.8 Å². The number of hydrogen-bond acceptors (Lipinski definition) is 4. The summed E-state index contributed by atoms with van der Waals surface area (Å²) in [5.74, 6) is -0.337. The Labute approximate surface area is 131 Å². The first-order valence-corrected chi connectivity index (χ1v) is 7.69. The molecule has 2 rings (SSSR count). The average molecular weight is 304 g/mol. The molecule has 1 aliphatic carbocycles. The molecule has 0 bridgehead atoms. The molecule has 4 nitrogen and oxygen atoms in total. The predicted molar refractivity (Wildman–Crippen MR) is 83.7 cm³/mol. The number of carbonyl (C=O) groups is 2. The number of esters is 1. The summed E-state index contributed by atoms with van der Waals surface area (Å²) >= 11 is 0. The number of carbonyl (C=O) groups excluding carboxylic acids is 2. The number of phenolic OH excluding ortho intramolecular Hbond substituents is 1. The van der Waals surface area contributed by atoms with Crippen molar-refractivity contribution in [3.8, 4) is 5.75 Å². The number of Topliss-reactive ketones (excluding diaryl/α,β-unsaturated/α-hetero) is 1. The SMILES string of the molecule is CC(C)(C)C(=O)[C@]1(C)CCC[C@@H]1OC(=O)c1cccc(O)c1. The number of aromatic hydroxyl groups is 1. The Kier molecular flexibility index (Phi) is 4.32. The van der Waals surface area contributed by atoms with E-state index in [1.165, 1.54) is 12.1 Å². The predicted octanol–water partition coefficient (Wildman–Crippen LogP) is 3.72. The molecule has 0 heterocycles. The van der Waals surface area contributed by atoms with Gasteiger partial charge >= 0.3 is 5.97 Å². The summed E-state index contributed by atoms with van der Waals surface area (Å²) < 4.78 is 5.61. The number of benzene rings is 1. The maximum Gasteiger partial charge on any atom is 0.338 e. The fraction of sp³-hybridized carbons (Fsp3) is 0.556. The number of ether oxygens (including phenoxy) is 1. The molecule has 1 fully saturated rings. The van der Waals surface area contributed by atoms with Gasteiger partial charge in [-0.05, 0) is 44.4 Å². The fourth-order valence-electron chi connectivity index (χ4n) is 3.27. The molecule has 1 aromatic carbocycles. The van der Waals surface area contributed by atoms with Gasteiger partial charge in [0, 0.05) is 5.41 Å². The number of phenols is 1. The third kappa shape index (κ3) is 3.16. The van der Waals surface area contributed by atoms with Crippen LogP contribution in [0.5, 0.6) is 5.75 Å². The van der Waals surface area contributed by atoms with Crippen LogP contribution in [0.15, 0.2) is 24.3 Å². The van der Waals surface area contributed by atoms with E-state index in [4.69, 9.17) is 4.74 Å². The minimum absolute atomic E-state index is 0.0226. The second-order valence-electron chi connectivity index (χ2n) is 7.33. The smallest absolute Gasteiger partial charge is 0.338 e. The standard InChI is InChI=1S/C18H24O4/c1-17(2,3)16(21)18(4)10-6-9-14(18)22-15(20)12-7-5-8-13(19)11-12/h5,7-8,11,14,19H,6,9-10H2,1-4H3/t14-,18+/m0/s1. The second-order valence-corrected chi connectivity index (χ2v) is 7.33. The Morgan fingerprint density at radius 3 is 2.59 bits per heavy atom. The van der Waals surface area contributed by atoms with Crippen LogP contribution < -0.4 is 0 Å². The van der Waals surface area contributed by atoms with Crippen LogP contribution in [0.1, 0.15) is 57.3 Å². The van der Waals surface area contributed by atoms with E-state index >= 15 is 0 Å². The van der Waals surface area contributed by atoms with Gasteiger partial charge in [0.25, 0.3) is 0 Å². The van der Waals surface area contributed by atoms with E-state index in [0.29, 0.717) is 12.0 Å². The number of rotatable bonds is 3. The van der Waals surface area contributed by atoms with Gasteiger partial charge in [0.15, 0.2) is 0 Å². The molecular formula is C18H24O4. The van der Waals surface area contributed by atoms with E-state index in [0.717, 1.165) is 12.8 Å². The Hall–Kier alpha value is -1.84. The molecule has 0 spiro atoms. The lowest BCUT2D eigenvalue weighted by Gasteiger charge is -2.35. The largest absolute Gasteiger partial charge is 0.508 e. The molecule has 0 aromatic heterocycles. The van der Waals surface area contributed by atoms with Gasteiger partial charge in [-0.3, -0.25) is 4.79 Å². The number of hydrogen-bond donors (Lipinski definition) is 1. The molecule has 1 aliphatic rings. The number of ketones is 1. The molecule has 120 valence electrons. The molecule has 0 radical (unpaired) electrons. The van der Waals surface area contributed by atoms with Crippen molar-refractivity contribution in [1.29, 1.82) is 0 Å². The molecule has 0 amide bonds. The minimum Gasteiger partial charge on any atom is -0.508 e. The average Bonchev–Trinajstić information content (AvgIpc) is 2.79. The van der Waals surface area contributed by atoms with Crippen LogP contribution in [0.4, 0.5) is 0 Å². The van der Waals surface area contributed by atoms with Crippen LogP contribution in [-0.4, -0.2) is 23.0 Å². The fourth-order valence-corrected chi connectivity index (χ4v) is 3.27. The second kappa shape index (κ2) is 5.75. The van der Waals surface area contributed by atoms with Crippen molar-refractivity contribution in [2.24, 2.45) is 10.8 Å². The van der Waals surface area contributed by atoms with Crippen LogP contribution in [0.25, 0.3) is 0 Å². The van der Waals surface area contributed by atoms with Gasteiger partial charge in [0.2, 0.25) is 0 Å². The van der Waals surface area contributed by atoms with E-state index in [-0.39, 0.29) is 11.5 Å². The van der Waals surface area contributed by atoms with Gasteiger partial charge in [-0.2, -0.15) is 0 Å². The third-order valence-corrected chi connectivity index (χ3v) is 4.40. The minimum atomic E-state index is -0.634. The van der Waals surface area contributed by atoms with Crippen molar-refractivity contribution in [2.75, 3.05) is 0 Å². The topological polar surface area (TPSA) is 63.6 Å². The zero-order valence-electron chi connectivity index (χ0n) is 13.7. The van der Waals surface area contributed by atoms with Crippen molar-refractivity contribution in [1.82, 2.24) is 0 Å². The van der Waals surface area contributed by atoms with Crippen molar-refractivity contribution in [2.45, 2.75) is 53.1 Å². The summed E-state index contributed by atoms with van der Waals surface area (Å²) in [5.41, 5.74) is -0.795. The van der Waals surface area contributed by atoms with Gasteiger partial charge in [-0.1, -0.05) is 26.8 Å². The van der Waals surface area contributed by atoms with Gasteiger partial charge in [-0.25, -0.2) is 4.79 Å².